The SMILES string of the molecule is CCn1c(=O)[nH]c(=O)c2[nH]c(C3C4CCCC43)nc21. The van der Waals surface area contributed by atoms with Gasteiger partial charge in [0.1, 0.15) is 11.3 Å². The Hall–Kier alpha value is -1.85. The Bertz CT molecular complexity index is 759. The predicted molar refractivity (Wildman–Crippen MR) is 70.2 cm³/mol. The van der Waals surface area contributed by atoms with E-state index < -0.39 is 0 Å². The van der Waals surface area contributed by atoms with Crippen LogP contribution in [0.3, 0.4) is 0 Å². The molecule has 2 atom stereocenters. The molecule has 2 aliphatic rings. The van der Waals surface area contributed by atoms with Gasteiger partial charge in [-0.1, -0.05) is 6.42 Å². The highest BCUT2D eigenvalue weighted by Gasteiger charge is 2.54. The Morgan fingerprint density at radius 2 is 2.00 bits per heavy atom. The summed E-state index contributed by atoms with van der Waals surface area (Å²) in [6.45, 7) is 2.38. The fourth-order valence-corrected chi connectivity index (χ4v) is 3.74. The van der Waals surface area contributed by atoms with Gasteiger partial charge in [0.05, 0.1) is 0 Å². The number of nitrogens with zero attached hydrogens (tertiary/aromatic N) is 2. The first-order valence-electron chi connectivity index (χ1n) is 6.93. The average molecular weight is 260 g/mol. The number of rotatable bonds is 2. The standard InChI is InChI=1S/C13H16N4O2/c1-2-17-11-9(12(18)16-13(17)19)14-10(15-11)8-6-4-3-5-7(6)8/h6-8H,2-5H2,1H3,(H,14,15)(H,16,18,19). The van der Waals surface area contributed by atoms with Crippen molar-refractivity contribution in [1.82, 2.24) is 19.5 Å². The van der Waals surface area contributed by atoms with Gasteiger partial charge in [-0.2, -0.15) is 0 Å². The van der Waals surface area contributed by atoms with Crippen molar-refractivity contribution < 1.29 is 0 Å². The maximum Gasteiger partial charge on any atom is 0.330 e. The number of aromatic amines is 2. The average Bonchev–Trinajstić information content (AvgIpc) is 2.81. The van der Waals surface area contributed by atoms with Crippen molar-refractivity contribution in [1.29, 1.82) is 0 Å². The molecule has 2 aromatic rings. The molecule has 2 heterocycles. The fraction of sp³-hybridized carbons (Fsp3) is 0.615. The van der Waals surface area contributed by atoms with E-state index in [-0.39, 0.29) is 11.2 Å². The van der Waals surface area contributed by atoms with Crippen LogP contribution in [0.5, 0.6) is 0 Å². The van der Waals surface area contributed by atoms with Crippen molar-refractivity contribution in [3.05, 3.63) is 26.7 Å². The van der Waals surface area contributed by atoms with Crippen LogP contribution in [0.4, 0.5) is 0 Å². The zero-order valence-corrected chi connectivity index (χ0v) is 10.8. The zero-order valence-electron chi connectivity index (χ0n) is 10.8. The Morgan fingerprint density at radius 3 is 2.68 bits per heavy atom. The van der Waals surface area contributed by atoms with Gasteiger partial charge in [0.15, 0.2) is 5.65 Å². The van der Waals surface area contributed by atoms with Gasteiger partial charge in [0.2, 0.25) is 0 Å². The molecule has 6 heteroatoms. The van der Waals surface area contributed by atoms with E-state index in [4.69, 9.17) is 0 Å². The topological polar surface area (TPSA) is 83.5 Å². The van der Waals surface area contributed by atoms with E-state index in [9.17, 15) is 9.59 Å². The number of aromatic nitrogens is 4. The molecule has 0 aliphatic heterocycles. The van der Waals surface area contributed by atoms with Crippen LogP contribution in [0.25, 0.3) is 11.2 Å². The van der Waals surface area contributed by atoms with Crippen molar-refractivity contribution in [2.24, 2.45) is 11.8 Å². The van der Waals surface area contributed by atoms with Gasteiger partial charge < -0.3 is 4.98 Å². The molecule has 2 saturated carbocycles. The largest absolute Gasteiger partial charge is 0.336 e. The summed E-state index contributed by atoms with van der Waals surface area (Å²) in [5, 5.41) is 0. The molecule has 2 aromatic heterocycles. The maximum absolute atomic E-state index is 11.8. The molecule has 0 radical (unpaired) electrons. The Kier molecular flexibility index (Phi) is 2.08. The van der Waals surface area contributed by atoms with Crippen LogP contribution in [0.1, 0.15) is 37.9 Å². The van der Waals surface area contributed by atoms with Crippen LogP contribution < -0.4 is 11.2 Å². The van der Waals surface area contributed by atoms with Gasteiger partial charge in [-0.05, 0) is 31.6 Å². The molecular weight excluding hydrogens is 244 g/mol. The molecule has 2 fully saturated rings. The molecular formula is C13H16N4O2. The minimum Gasteiger partial charge on any atom is -0.336 e. The number of nitrogens with one attached hydrogen (secondary N) is 2. The van der Waals surface area contributed by atoms with E-state index in [2.05, 4.69) is 15.0 Å². The smallest absolute Gasteiger partial charge is 0.330 e. The minimum absolute atomic E-state index is 0.366. The third-order valence-corrected chi connectivity index (χ3v) is 4.69. The van der Waals surface area contributed by atoms with Crippen LogP contribution >= 0.6 is 0 Å². The number of hydrogen-bond acceptors (Lipinski definition) is 3. The number of H-pyrrole nitrogens is 2. The Labute approximate surface area is 108 Å². The third-order valence-electron chi connectivity index (χ3n) is 4.69. The predicted octanol–water partition coefficient (Wildman–Crippen LogP) is 0.946. The summed E-state index contributed by atoms with van der Waals surface area (Å²) in [6, 6.07) is 0. The van der Waals surface area contributed by atoms with Crippen molar-refractivity contribution in [2.45, 2.75) is 38.6 Å². The van der Waals surface area contributed by atoms with E-state index in [0.717, 1.165) is 17.7 Å². The summed E-state index contributed by atoms with van der Waals surface area (Å²) >= 11 is 0. The molecule has 4 rings (SSSR count). The molecule has 100 valence electrons. The number of imidazole rings is 1. The normalized spacial score (nSPS) is 28.8. The van der Waals surface area contributed by atoms with E-state index in [0.29, 0.717) is 23.6 Å². The lowest BCUT2D eigenvalue weighted by atomic mass is 10.1. The van der Waals surface area contributed by atoms with Crippen molar-refractivity contribution in [2.75, 3.05) is 0 Å². The first-order valence-corrected chi connectivity index (χ1v) is 6.93. The number of hydrogen-bond donors (Lipinski definition) is 2. The Morgan fingerprint density at radius 1 is 1.26 bits per heavy atom. The zero-order chi connectivity index (χ0) is 13.1. The monoisotopic (exact) mass is 260 g/mol. The van der Waals surface area contributed by atoms with E-state index in [1.165, 1.54) is 23.8 Å². The lowest BCUT2D eigenvalue weighted by Gasteiger charge is -2.00. The third kappa shape index (κ3) is 1.39. The summed E-state index contributed by atoms with van der Waals surface area (Å²) in [7, 11) is 0. The summed E-state index contributed by atoms with van der Waals surface area (Å²) in [5.74, 6) is 2.84. The maximum atomic E-state index is 11.8. The molecule has 19 heavy (non-hydrogen) atoms. The van der Waals surface area contributed by atoms with Crippen LogP contribution in [0.15, 0.2) is 9.59 Å². The van der Waals surface area contributed by atoms with Crippen LogP contribution in [-0.4, -0.2) is 19.5 Å². The van der Waals surface area contributed by atoms with Gasteiger partial charge in [0, 0.05) is 12.5 Å². The number of aryl methyl sites for hydroxylation is 1. The molecule has 0 saturated heterocycles. The lowest BCUT2D eigenvalue weighted by molar-refractivity contribution is 0.662. The first kappa shape index (κ1) is 11.0. The molecule has 0 bridgehead atoms. The second-order valence-corrected chi connectivity index (χ2v) is 5.61. The fourth-order valence-electron chi connectivity index (χ4n) is 3.74. The molecule has 2 unspecified atom stereocenters. The van der Waals surface area contributed by atoms with Crippen molar-refractivity contribution in [3.63, 3.8) is 0 Å². The van der Waals surface area contributed by atoms with Gasteiger partial charge in [-0.15, -0.1) is 0 Å². The van der Waals surface area contributed by atoms with E-state index >= 15 is 0 Å². The quantitative estimate of drug-likeness (QED) is 0.843. The second kappa shape index (κ2) is 3.59. The Balaban J connectivity index is 1.89. The lowest BCUT2D eigenvalue weighted by Crippen LogP contribution is -2.29. The van der Waals surface area contributed by atoms with Gasteiger partial charge >= 0.3 is 5.69 Å². The number of fused-ring (bicyclic) bond motifs is 2. The molecule has 6 nitrogen and oxygen atoms in total. The first-order chi connectivity index (χ1) is 9.20. The summed E-state index contributed by atoms with van der Waals surface area (Å²) in [5.41, 5.74) is 0.181. The van der Waals surface area contributed by atoms with Crippen molar-refractivity contribution in [3.8, 4) is 0 Å². The van der Waals surface area contributed by atoms with Gasteiger partial charge in [-0.25, -0.2) is 9.78 Å². The van der Waals surface area contributed by atoms with E-state index in [1.54, 1.807) is 0 Å². The van der Waals surface area contributed by atoms with Crippen LogP contribution in [0, 0.1) is 11.8 Å². The molecule has 0 spiro atoms. The molecule has 2 aliphatic carbocycles. The van der Waals surface area contributed by atoms with E-state index in [1.807, 2.05) is 6.92 Å². The molecule has 0 amide bonds. The summed E-state index contributed by atoms with van der Waals surface area (Å²) < 4.78 is 1.51. The van der Waals surface area contributed by atoms with Gasteiger partial charge in [-0.3, -0.25) is 14.3 Å². The second-order valence-electron chi connectivity index (χ2n) is 5.61. The highest BCUT2D eigenvalue weighted by Crippen LogP contribution is 2.62. The highest BCUT2D eigenvalue weighted by atomic mass is 16.2. The van der Waals surface area contributed by atoms with Gasteiger partial charge in [0.25, 0.3) is 5.56 Å². The highest BCUT2D eigenvalue weighted by molar-refractivity contribution is 5.70. The summed E-state index contributed by atoms with van der Waals surface area (Å²) in [4.78, 5) is 33.6. The molecule has 0 aromatic carbocycles. The van der Waals surface area contributed by atoms with Crippen molar-refractivity contribution >= 4 is 11.2 Å². The molecule has 2 N–H and O–H groups in total. The minimum atomic E-state index is -0.381. The van der Waals surface area contributed by atoms with Crippen LogP contribution in [-0.2, 0) is 6.54 Å². The van der Waals surface area contributed by atoms with Crippen LogP contribution in [0.2, 0.25) is 0 Å². The summed E-state index contributed by atoms with van der Waals surface area (Å²) in [6.07, 6.45) is 3.85.